The molecule has 4 heteroatoms. The predicted molar refractivity (Wildman–Crippen MR) is 119 cm³/mol. The smallest absolute Gasteiger partial charge is 0.228 e. The second kappa shape index (κ2) is 8.89. The number of carbonyl (C=O) groups is 1. The fraction of sp³-hybridized carbons (Fsp3) is 0.480. The Bertz CT molecular complexity index is 820. The summed E-state index contributed by atoms with van der Waals surface area (Å²) in [6, 6.07) is 18.7. The molecule has 2 aliphatic rings. The minimum absolute atomic E-state index is 0.131. The third-order valence-electron chi connectivity index (χ3n) is 6.69. The summed E-state index contributed by atoms with van der Waals surface area (Å²) in [5.41, 5.74) is 2.42. The number of carbonyl (C=O) groups excluding carboxylic acids is 1. The van der Waals surface area contributed by atoms with E-state index < -0.39 is 0 Å². The van der Waals surface area contributed by atoms with E-state index in [0.29, 0.717) is 22.9 Å². The highest BCUT2D eigenvalue weighted by molar-refractivity contribution is 6.30. The van der Waals surface area contributed by atoms with Crippen molar-refractivity contribution >= 4 is 17.5 Å². The van der Waals surface area contributed by atoms with Crippen LogP contribution in [0.4, 0.5) is 0 Å². The summed E-state index contributed by atoms with van der Waals surface area (Å²) in [5, 5.41) is 4.14. The molecule has 0 radical (unpaired) electrons. The van der Waals surface area contributed by atoms with Crippen molar-refractivity contribution in [2.45, 2.75) is 45.2 Å². The zero-order valence-electron chi connectivity index (χ0n) is 17.4. The van der Waals surface area contributed by atoms with E-state index in [2.05, 4.69) is 54.4 Å². The van der Waals surface area contributed by atoms with Gasteiger partial charge in [-0.05, 0) is 53.9 Å². The molecule has 1 heterocycles. The van der Waals surface area contributed by atoms with Gasteiger partial charge in [0.05, 0.1) is 5.92 Å². The van der Waals surface area contributed by atoms with Crippen LogP contribution in [-0.2, 0) is 11.3 Å². The number of benzene rings is 2. The van der Waals surface area contributed by atoms with Crippen LogP contribution >= 0.6 is 11.6 Å². The van der Waals surface area contributed by atoms with Gasteiger partial charge < -0.3 is 5.32 Å². The van der Waals surface area contributed by atoms with Gasteiger partial charge in [-0.2, -0.15) is 0 Å². The lowest BCUT2D eigenvalue weighted by molar-refractivity contribution is -0.124. The normalized spacial score (nSPS) is 25.2. The number of hydrogen-bond donors (Lipinski definition) is 1. The Labute approximate surface area is 179 Å². The molecule has 1 amide bonds. The average Bonchev–Trinajstić information content (AvgIpc) is 3.25. The van der Waals surface area contributed by atoms with Crippen LogP contribution in [0.1, 0.15) is 43.7 Å². The summed E-state index contributed by atoms with van der Waals surface area (Å²) in [6.45, 7) is 7.48. The van der Waals surface area contributed by atoms with Crippen molar-refractivity contribution in [2.75, 3.05) is 13.1 Å². The zero-order valence-corrected chi connectivity index (χ0v) is 18.1. The Morgan fingerprint density at radius 2 is 1.79 bits per heavy atom. The Morgan fingerprint density at radius 3 is 2.48 bits per heavy atom. The summed E-state index contributed by atoms with van der Waals surface area (Å²) in [5.74, 6) is 1.55. The highest BCUT2D eigenvalue weighted by Crippen LogP contribution is 2.39. The Balaban J connectivity index is 1.40. The van der Waals surface area contributed by atoms with Gasteiger partial charge in [-0.1, -0.05) is 67.9 Å². The molecular formula is C25H31ClN2O. The minimum atomic E-state index is -0.131. The molecule has 1 N–H and O–H groups in total. The third kappa shape index (κ3) is 4.67. The van der Waals surface area contributed by atoms with Gasteiger partial charge in [-0.15, -0.1) is 0 Å². The van der Waals surface area contributed by atoms with Crippen LogP contribution in [-0.4, -0.2) is 29.9 Å². The first kappa shape index (κ1) is 20.4. The number of rotatable bonds is 6. The first-order chi connectivity index (χ1) is 14.0. The standard InChI is InChI=1S/C25H31ClN2O/c1-17(2)24(19-8-11-21(26)12-9-19)25(29)27-23-13-10-20-15-28(16-22(20)23)14-18-6-4-3-5-7-18/h3-9,11-12,17,20,22-24H,10,13-16H2,1-2H3,(H,27,29)/t20-,22+,23+,24?/m1/s1. The summed E-state index contributed by atoms with van der Waals surface area (Å²) in [7, 11) is 0. The average molecular weight is 411 g/mol. The summed E-state index contributed by atoms with van der Waals surface area (Å²) >= 11 is 6.04. The molecule has 1 aliphatic heterocycles. The SMILES string of the molecule is CC(C)C(C(=O)N[C@H]1CC[C@@H]2CN(Cc3ccccc3)C[C@@H]21)c1ccc(Cl)cc1. The molecule has 1 unspecified atom stereocenters. The van der Waals surface area contributed by atoms with Crippen LogP contribution in [0.25, 0.3) is 0 Å². The molecule has 2 fully saturated rings. The lowest BCUT2D eigenvalue weighted by atomic mass is 9.87. The molecule has 1 saturated heterocycles. The molecule has 2 aromatic carbocycles. The molecule has 154 valence electrons. The molecule has 0 aromatic heterocycles. The van der Waals surface area contributed by atoms with Crippen molar-refractivity contribution in [3.8, 4) is 0 Å². The van der Waals surface area contributed by atoms with Crippen LogP contribution in [0.5, 0.6) is 0 Å². The van der Waals surface area contributed by atoms with Crippen molar-refractivity contribution in [1.82, 2.24) is 10.2 Å². The van der Waals surface area contributed by atoms with Gasteiger partial charge in [0.2, 0.25) is 5.91 Å². The van der Waals surface area contributed by atoms with E-state index in [4.69, 9.17) is 11.6 Å². The highest BCUT2D eigenvalue weighted by atomic mass is 35.5. The third-order valence-corrected chi connectivity index (χ3v) is 6.94. The van der Waals surface area contributed by atoms with Gasteiger partial charge in [0.1, 0.15) is 0 Å². The van der Waals surface area contributed by atoms with E-state index in [0.717, 1.165) is 31.6 Å². The molecule has 3 nitrogen and oxygen atoms in total. The van der Waals surface area contributed by atoms with Crippen molar-refractivity contribution < 1.29 is 4.79 Å². The van der Waals surface area contributed by atoms with Crippen molar-refractivity contribution in [2.24, 2.45) is 17.8 Å². The number of amides is 1. The van der Waals surface area contributed by atoms with Crippen LogP contribution in [0.2, 0.25) is 5.02 Å². The minimum Gasteiger partial charge on any atom is -0.352 e. The second-order valence-corrected chi connectivity index (χ2v) is 9.51. The maximum absolute atomic E-state index is 13.2. The number of nitrogens with zero attached hydrogens (tertiary/aromatic N) is 1. The van der Waals surface area contributed by atoms with Gasteiger partial charge in [-0.3, -0.25) is 9.69 Å². The first-order valence-electron chi connectivity index (χ1n) is 10.8. The lowest BCUT2D eigenvalue weighted by Crippen LogP contribution is -2.43. The highest BCUT2D eigenvalue weighted by Gasteiger charge is 2.43. The fourth-order valence-corrected chi connectivity index (χ4v) is 5.42. The Hall–Kier alpha value is -1.84. The fourth-order valence-electron chi connectivity index (χ4n) is 5.29. The van der Waals surface area contributed by atoms with E-state index in [-0.39, 0.29) is 17.7 Å². The van der Waals surface area contributed by atoms with Crippen molar-refractivity contribution in [3.05, 3.63) is 70.7 Å². The largest absolute Gasteiger partial charge is 0.352 e. The molecule has 1 saturated carbocycles. The monoisotopic (exact) mass is 410 g/mol. The molecule has 4 rings (SSSR count). The Morgan fingerprint density at radius 1 is 1.07 bits per heavy atom. The van der Waals surface area contributed by atoms with Crippen molar-refractivity contribution in [3.63, 3.8) is 0 Å². The number of likely N-dealkylation sites (tertiary alicyclic amines) is 1. The molecule has 29 heavy (non-hydrogen) atoms. The predicted octanol–water partition coefficient (Wildman–Crippen LogP) is 5.11. The van der Waals surface area contributed by atoms with E-state index in [1.807, 2.05) is 24.3 Å². The van der Waals surface area contributed by atoms with E-state index in [1.54, 1.807) is 0 Å². The summed E-state index contributed by atoms with van der Waals surface area (Å²) < 4.78 is 0. The lowest BCUT2D eigenvalue weighted by Gasteiger charge is -2.26. The Kier molecular flexibility index (Phi) is 6.26. The van der Waals surface area contributed by atoms with Crippen LogP contribution < -0.4 is 5.32 Å². The maximum atomic E-state index is 13.2. The summed E-state index contributed by atoms with van der Waals surface area (Å²) in [4.78, 5) is 15.8. The zero-order chi connectivity index (χ0) is 20.4. The first-order valence-corrected chi connectivity index (χ1v) is 11.2. The van der Waals surface area contributed by atoms with E-state index >= 15 is 0 Å². The number of halogens is 1. The molecule has 1 aliphatic carbocycles. The van der Waals surface area contributed by atoms with Gasteiger partial charge in [0.25, 0.3) is 0 Å². The van der Waals surface area contributed by atoms with Gasteiger partial charge >= 0.3 is 0 Å². The van der Waals surface area contributed by atoms with Gasteiger partial charge in [-0.25, -0.2) is 0 Å². The van der Waals surface area contributed by atoms with E-state index in [9.17, 15) is 4.79 Å². The number of hydrogen-bond acceptors (Lipinski definition) is 2. The molecule has 4 atom stereocenters. The van der Waals surface area contributed by atoms with Crippen LogP contribution in [0.3, 0.4) is 0 Å². The number of nitrogens with one attached hydrogen (secondary N) is 1. The maximum Gasteiger partial charge on any atom is 0.228 e. The van der Waals surface area contributed by atoms with Crippen molar-refractivity contribution in [1.29, 1.82) is 0 Å². The summed E-state index contributed by atoms with van der Waals surface area (Å²) in [6.07, 6.45) is 2.32. The molecular weight excluding hydrogens is 380 g/mol. The van der Waals surface area contributed by atoms with Crippen LogP contribution in [0.15, 0.2) is 54.6 Å². The van der Waals surface area contributed by atoms with Crippen LogP contribution in [0, 0.1) is 17.8 Å². The van der Waals surface area contributed by atoms with E-state index in [1.165, 1.54) is 12.0 Å². The quantitative estimate of drug-likeness (QED) is 0.717. The molecule has 0 spiro atoms. The second-order valence-electron chi connectivity index (χ2n) is 9.07. The topological polar surface area (TPSA) is 32.3 Å². The van der Waals surface area contributed by atoms with Gasteiger partial charge in [0.15, 0.2) is 0 Å². The number of fused-ring (bicyclic) bond motifs is 1. The van der Waals surface area contributed by atoms with Gasteiger partial charge in [0, 0.05) is 30.7 Å². The molecule has 2 aromatic rings. The molecule has 0 bridgehead atoms.